The summed E-state index contributed by atoms with van der Waals surface area (Å²) in [6, 6.07) is 14.2. The molecule has 9 nitrogen and oxygen atoms in total. The molecule has 0 saturated carbocycles. The molecule has 0 atom stereocenters. The van der Waals surface area contributed by atoms with Crippen LogP contribution >= 0.6 is 11.6 Å². The summed E-state index contributed by atoms with van der Waals surface area (Å²) in [6.45, 7) is 1.79. The van der Waals surface area contributed by atoms with Gasteiger partial charge in [0, 0.05) is 22.8 Å². The summed E-state index contributed by atoms with van der Waals surface area (Å²) in [6.07, 6.45) is 0. The van der Waals surface area contributed by atoms with E-state index in [1.165, 1.54) is 30.3 Å². The van der Waals surface area contributed by atoms with Crippen LogP contribution in [-0.2, 0) is 20.0 Å². The van der Waals surface area contributed by atoms with E-state index in [9.17, 15) is 26.9 Å². The largest absolute Gasteiger partial charge is 0.280 e. The molecule has 0 aliphatic heterocycles. The van der Waals surface area contributed by atoms with Crippen LogP contribution in [0.2, 0.25) is 5.02 Å². The van der Waals surface area contributed by atoms with Crippen LogP contribution in [0.4, 0.5) is 17.1 Å². The number of benzene rings is 3. The molecule has 0 aliphatic rings. The van der Waals surface area contributed by atoms with Gasteiger partial charge >= 0.3 is 0 Å². The molecule has 162 valence electrons. The minimum atomic E-state index is -4.01. The van der Waals surface area contributed by atoms with Crippen molar-refractivity contribution in [3.05, 3.63) is 87.4 Å². The summed E-state index contributed by atoms with van der Waals surface area (Å²) in [5, 5.41) is 11.1. The quantitative estimate of drug-likeness (QED) is 0.384. The monoisotopic (exact) mass is 481 g/mol. The van der Waals surface area contributed by atoms with E-state index >= 15 is 0 Å². The summed E-state index contributed by atoms with van der Waals surface area (Å²) in [7, 11) is -7.93. The van der Waals surface area contributed by atoms with Gasteiger partial charge in [0.25, 0.3) is 25.7 Å². The van der Waals surface area contributed by atoms with Crippen molar-refractivity contribution in [2.75, 3.05) is 9.44 Å². The number of nitro groups is 1. The van der Waals surface area contributed by atoms with Gasteiger partial charge in [-0.25, -0.2) is 16.8 Å². The van der Waals surface area contributed by atoms with Gasteiger partial charge in [0.2, 0.25) is 0 Å². The van der Waals surface area contributed by atoms with Crippen LogP contribution in [0, 0.1) is 17.0 Å². The average Bonchev–Trinajstić information content (AvgIpc) is 2.71. The van der Waals surface area contributed by atoms with Crippen molar-refractivity contribution in [3.63, 3.8) is 0 Å². The molecule has 3 aromatic rings. The van der Waals surface area contributed by atoms with Crippen molar-refractivity contribution < 1.29 is 21.8 Å². The van der Waals surface area contributed by atoms with Crippen molar-refractivity contribution in [2.24, 2.45) is 0 Å². The number of halogens is 1. The lowest BCUT2D eigenvalue weighted by Crippen LogP contribution is -2.14. The van der Waals surface area contributed by atoms with Crippen molar-refractivity contribution >= 4 is 48.7 Å². The van der Waals surface area contributed by atoms with E-state index in [1.807, 2.05) is 0 Å². The molecule has 0 unspecified atom stereocenters. The Bertz CT molecular complexity index is 1340. The molecule has 3 aromatic carbocycles. The van der Waals surface area contributed by atoms with Gasteiger partial charge in [-0.1, -0.05) is 17.7 Å². The molecule has 12 heteroatoms. The van der Waals surface area contributed by atoms with Crippen molar-refractivity contribution in [1.82, 2.24) is 0 Å². The fourth-order valence-electron chi connectivity index (χ4n) is 2.53. The summed E-state index contributed by atoms with van der Waals surface area (Å²) >= 11 is 6.01. The number of hydrogen-bond donors (Lipinski definition) is 2. The lowest BCUT2D eigenvalue weighted by Gasteiger charge is -2.11. The number of non-ortho nitro benzene ring substituents is 1. The second-order valence-electron chi connectivity index (χ2n) is 6.45. The van der Waals surface area contributed by atoms with Gasteiger partial charge < -0.3 is 0 Å². The Hall–Kier alpha value is -3.15. The van der Waals surface area contributed by atoms with E-state index in [4.69, 9.17) is 11.6 Å². The van der Waals surface area contributed by atoms with E-state index in [-0.39, 0.29) is 21.2 Å². The average molecular weight is 482 g/mol. The van der Waals surface area contributed by atoms with E-state index in [1.54, 1.807) is 19.1 Å². The smallest absolute Gasteiger partial charge is 0.269 e. The number of hydrogen-bond acceptors (Lipinski definition) is 6. The maximum absolute atomic E-state index is 12.6. The van der Waals surface area contributed by atoms with E-state index in [0.717, 1.165) is 29.8 Å². The number of nitrogens with one attached hydrogen (secondary N) is 2. The van der Waals surface area contributed by atoms with Crippen molar-refractivity contribution in [3.8, 4) is 0 Å². The molecule has 0 spiro atoms. The normalized spacial score (nSPS) is 11.7. The molecule has 3 rings (SSSR count). The number of rotatable bonds is 7. The lowest BCUT2D eigenvalue weighted by atomic mass is 10.2. The minimum Gasteiger partial charge on any atom is -0.280 e. The Kier molecular flexibility index (Phi) is 6.20. The van der Waals surface area contributed by atoms with E-state index in [0.29, 0.717) is 10.7 Å². The van der Waals surface area contributed by atoms with Gasteiger partial charge in [-0.2, -0.15) is 0 Å². The van der Waals surface area contributed by atoms with Gasteiger partial charge in [0.1, 0.15) is 0 Å². The molecule has 0 bridgehead atoms. The summed E-state index contributed by atoms with van der Waals surface area (Å²) < 4.78 is 54.7. The summed E-state index contributed by atoms with van der Waals surface area (Å²) in [4.78, 5) is 9.80. The second kappa shape index (κ2) is 8.53. The van der Waals surface area contributed by atoms with Gasteiger partial charge in [0.15, 0.2) is 0 Å². The number of anilines is 2. The first-order valence-electron chi connectivity index (χ1n) is 8.64. The topological polar surface area (TPSA) is 135 Å². The standard InChI is InChI=1S/C19H16ClN3O6S2/c1-13-2-3-15(12-19(13)20)22-31(28,29)17-8-4-14(5-9-17)21-30(26,27)18-10-6-16(7-11-18)23(24)25/h2-12,21-22H,1H3. The van der Waals surface area contributed by atoms with Crippen LogP contribution in [0.5, 0.6) is 0 Å². The first-order valence-corrected chi connectivity index (χ1v) is 12.0. The van der Waals surface area contributed by atoms with Crippen molar-refractivity contribution in [2.45, 2.75) is 16.7 Å². The summed E-state index contributed by atoms with van der Waals surface area (Å²) in [5.74, 6) is 0. The van der Waals surface area contributed by atoms with Crippen LogP contribution in [-0.4, -0.2) is 21.8 Å². The molecule has 0 aromatic heterocycles. The number of sulfonamides is 2. The zero-order valence-corrected chi connectivity index (χ0v) is 18.3. The van der Waals surface area contributed by atoms with Crippen molar-refractivity contribution in [1.29, 1.82) is 0 Å². The van der Waals surface area contributed by atoms with Gasteiger partial charge in [-0.3, -0.25) is 19.6 Å². The zero-order chi connectivity index (χ0) is 22.8. The molecular formula is C19H16ClN3O6S2. The van der Waals surface area contributed by atoms with Crippen LogP contribution in [0.3, 0.4) is 0 Å². The third kappa shape index (κ3) is 5.32. The van der Waals surface area contributed by atoms with Crippen LogP contribution in [0.25, 0.3) is 0 Å². The maximum Gasteiger partial charge on any atom is 0.269 e. The first kappa shape index (κ1) is 22.5. The lowest BCUT2D eigenvalue weighted by molar-refractivity contribution is -0.384. The predicted octanol–water partition coefficient (Wildman–Crippen LogP) is 4.16. The minimum absolute atomic E-state index is 0.0810. The van der Waals surface area contributed by atoms with Gasteiger partial charge in [0.05, 0.1) is 20.4 Å². The molecule has 0 fully saturated rings. The fourth-order valence-corrected chi connectivity index (χ4v) is 4.82. The second-order valence-corrected chi connectivity index (χ2v) is 10.2. The van der Waals surface area contributed by atoms with Crippen LogP contribution in [0.15, 0.2) is 76.5 Å². The highest BCUT2D eigenvalue weighted by Crippen LogP contribution is 2.24. The predicted molar refractivity (Wildman–Crippen MR) is 117 cm³/mol. The van der Waals surface area contributed by atoms with Gasteiger partial charge in [-0.05, 0) is 61.0 Å². The van der Waals surface area contributed by atoms with Crippen LogP contribution < -0.4 is 9.44 Å². The molecular weight excluding hydrogens is 466 g/mol. The summed E-state index contributed by atoms with van der Waals surface area (Å²) in [5.41, 5.74) is 0.972. The Morgan fingerprint density at radius 1 is 0.774 bits per heavy atom. The Morgan fingerprint density at radius 3 is 1.71 bits per heavy atom. The Balaban J connectivity index is 1.77. The molecule has 0 amide bonds. The van der Waals surface area contributed by atoms with E-state index in [2.05, 4.69) is 9.44 Å². The highest BCUT2D eigenvalue weighted by atomic mass is 35.5. The van der Waals surface area contributed by atoms with Gasteiger partial charge in [-0.15, -0.1) is 0 Å². The van der Waals surface area contributed by atoms with Crippen LogP contribution in [0.1, 0.15) is 5.56 Å². The highest BCUT2D eigenvalue weighted by Gasteiger charge is 2.18. The Labute approximate surface area is 183 Å². The highest BCUT2D eigenvalue weighted by molar-refractivity contribution is 7.93. The number of nitrogens with zero attached hydrogens (tertiary/aromatic N) is 1. The van der Waals surface area contributed by atoms with E-state index < -0.39 is 25.0 Å². The molecule has 0 saturated heterocycles. The fraction of sp³-hybridized carbons (Fsp3) is 0.0526. The zero-order valence-electron chi connectivity index (χ0n) is 15.9. The Morgan fingerprint density at radius 2 is 1.23 bits per heavy atom. The number of nitro benzene ring substituents is 1. The number of aryl methyl sites for hydroxylation is 1. The third-order valence-corrected chi connectivity index (χ3v) is 7.40. The molecule has 0 aliphatic carbocycles. The maximum atomic E-state index is 12.6. The third-order valence-electron chi connectivity index (χ3n) is 4.20. The molecule has 2 N–H and O–H groups in total. The SMILES string of the molecule is Cc1ccc(NS(=O)(=O)c2ccc(NS(=O)(=O)c3ccc([N+](=O)[O-])cc3)cc2)cc1Cl. The molecule has 31 heavy (non-hydrogen) atoms. The molecule has 0 heterocycles. The first-order chi connectivity index (χ1) is 14.5. The molecule has 0 radical (unpaired) electrons.